The third kappa shape index (κ3) is 3.65. The predicted molar refractivity (Wildman–Crippen MR) is 103 cm³/mol. The maximum atomic E-state index is 4.68. The summed E-state index contributed by atoms with van der Waals surface area (Å²) in [4.78, 5) is 11.1. The number of imidazole rings is 1. The van der Waals surface area contributed by atoms with Crippen LogP contribution in [0.25, 0.3) is 5.69 Å². The molecule has 1 fully saturated rings. The van der Waals surface area contributed by atoms with Crippen LogP contribution >= 0.6 is 12.4 Å². The first kappa shape index (κ1) is 18.6. The first-order chi connectivity index (χ1) is 12.2. The fourth-order valence-corrected chi connectivity index (χ4v) is 3.39. The summed E-state index contributed by atoms with van der Waals surface area (Å²) in [5, 5.41) is 8.17. The average molecular weight is 374 g/mol. The average Bonchev–Trinajstić information content (AvgIpc) is 3.22. The van der Waals surface area contributed by atoms with Crippen LogP contribution in [0.5, 0.6) is 0 Å². The minimum atomic E-state index is 0. The van der Waals surface area contributed by atoms with E-state index in [1.54, 1.807) is 12.4 Å². The summed E-state index contributed by atoms with van der Waals surface area (Å²) in [6.07, 6.45) is 9.59. The van der Waals surface area contributed by atoms with Gasteiger partial charge in [0.15, 0.2) is 0 Å². The van der Waals surface area contributed by atoms with Crippen LogP contribution in [-0.2, 0) is 13.6 Å². The van der Waals surface area contributed by atoms with Gasteiger partial charge in [0.25, 0.3) is 0 Å². The number of piperazine rings is 1. The van der Waals surface area contributed by atoms with E-state index in [2.05, 4.69) is 50.0 Å². The molecule has 1 N–H and O–H groups in total. The molecule has 7 nitrogen and oxygen atoms in total. The van der Waals surface area contributed by atoms with Crippen molar-refractivity contribution in [3.05, 3.63) is 60.2 Å². The van der Waals surface area contributed by atoms with Crippen molar-refractivity contribution in [2.24, 2.45) is 7.05 Å². The van der Waals surface area contributed by atoms with Gasteiger partial charge in [-0.25, -0.2) is 9.67 Å². The largest absolute Gasteiger partial charge is 0.337 e. The normalized spacial score (nSPS) is 17.8. The highest BCUT2D eigenvalue weighted by molar-refractivity contribution is 5.85. The lowest BCUT2D eigenvalue weighted by Gasteiger charge is -2.35. The van der Waals surface area contributed by atoms with E-state index in [-0.39, 0.29) is 18.4 Å². The van der Waals surface area contributed by atoms with E-state index in [0.717, 1.165) is 43.4 Å². The molecule has 0 aliphatic carbocycles. The van der Waals surface area contributed by atoms with Crippen molar-refractivity contribution < 1.29 is 0 Å². The van der Waals surface area contributed by atoms with Gasteiger partial charge >= 0.3 is 0 Å². The van der Waals surface area contributed by atoms with Crippen molar-refractivity contribution >= 4 is 12.4 Å². The van der Waals surface area contributed by atoms with Gasteiger partial charge in [-0.15, -0.1) is 12.4 Å². The Morgan fingerprint density at radius 3 is 2.77 bits per heavy atom. The van der Waals surface area contributed by atoms with Gasteiger partial charge in [0.1, 0.15) is 5.82 Å². The Labute approximate surface area is 159 Å². The molecule has 0 radical (unpaired) electrons. The first-order valence-corrected chi connectivity index (χ1v) is 8.60. The highest BCUT2D eigenvalue weighted by Crippen LogP contribution is 2.24. The second-order valence-corrected chi connectivity index (χ2v) is 6.48. The van der Waals surface area contributed by atoms with Gasteiger partial charge in [-0.1, -0.05) is 0 Å². The quantitative estimate of drug-likeness (QED) is 0.756. The zero-order chi connectivity index (χ0) is 17.2. The van der Waals surface area contributed by atoms with E-state index < -0.39 is 0 Å². The molecule has 1 saturated heterocycles. The molecular formula is C18H24ClN7. The zero-order valence-corrected chi connectivity index (χ0v) is 15.9. The molecule has 8 heteroatoms. The van der Waals surface area contributed by atoms with Crippen LogP contribution in [0.2, 0.25) is 0 Å². The van der Waals surface area contributed by atoms with Crippen LogP contribution in [0.3, 0.4) is 0 Å². The summed E-state index contributed by atoms with van der Waals surface area (Å²) in [5.41, 5.74) is 3.34. The van der Waals surface area contributed by atoms with Gasteiger partial charge in [-0.3, -0.25) is 9.88 Å². The number of nitrogens with zero attached hydrogens (tertiary/aromatic N) is 6. The second kappa shape index (κ2) is 7.99. The molecule has 0 spiro atoms. The van der Waals surface area contributed by atoms with E-state index in [1.807, 2.05) is 29.2 Å². The first-order valence-electron chi connectivity index (χ1n) is 8.60. The van der Waals surface area contributed by atoms with Gasteiger partial charge in [0, 0.05) is 69.8 Å². The number of rotatable bonds is 4. The van der Waals surface area contributed by atoms with Crippen LogP contribution in [0.4, 0.5) is 0 Å². The highest BCUT2D eigenvalue weighted by Gasteiger charge is 2.27. The molecule has 1 aliphatic heterocycles. The van der Waals surface area contributed by atoms with Crippen LogP contribution in [0.15, 0.2) is 43.1 Å². The summed E-state index contributed by atoms with van der Waals surface area (Å²) in [6.45, 7) is 5.86. The summed E-state index contributed by atoms with van der Waals surface area (Å²) in [5.74, 6) is 1.10. The van der Waals surface area contributed by atoms with Gasteiger partial charge in [0.05, 0.1) is 17.4 Å². The summed E-state index contributed by atoms with van der Waals surface area (Å²) in [7, 11) is 2.06. The number of nitrogens with one attached hydrogen (secondary N) is 1. The van der Waals surface area contributed by atoms with E-state index in [9.17, 15) is 0 Å². The lowest BCUT2D eigenvalue weighted by Crippen LogP contribution is -2.46. The number of aromatic nitrogens is 5. The maximum absolute atomic E-state index is 4.68. The molecule has 3 aromatic rings. The maximum Gasteiger partial charge on any atom is 0.127 e. The Morgan fingerprint density at radius 1 is 1.23 bits per heavy atom. The minimum absolute atomic E-state index is 0. The fourth-order valence-electron chi connectivity index (χ4n) is 3.39. The van der Waals surface area contributed by atoms with Crippen LogP contribution in [0, 0.1) is 6.92 Å². The van der Waals surface area contributed by atoms with Crippen LogP contribution < -0.4 is 5.32 Å². The third-order valence-electron chi connectivity index (χ3n) is 4.81. The van der Waals surface area contributed by atoms with E-state index >= 15 is 0 Å². The Balaban J connectivity index is 0.00000196. The molecule has 0 saturated carbocycles. The molecule has 3 aromatic heterocycles. The number of aryl methyl sites for hydroxylation is 2. The van der Waals surface area contributed by atoms with Crippen molar-refractivity contribution in [2.75, 3.05) is 19.6 Å². The van der Waals surface area contributed by atoms with Crippen molar-refractivity contribution in [1.29, 1.82) is 0 Å². The molecular weight excluding hydrogens is 350 g/mol. The molecule has 4 heterocycles. The fraction of sp³-hybridized carbons (Fsp3) is 0.389. The Bertz CT molecular complexity index is 842. The summed E-state index contributed by atoms with van der Waals surface area (Å²) >= 11 is 0. The molecule has 1 aliphatic rings. The Hall–Kier alpha value is -2.22. The van der Waals surface area contributed by atoms with E-state index in [1.165, 1.54) is 5.56 Å². The standard InChI is InChI=1S/C18H23N7.ClH/c1-14-15(13-25(22-14)16-3-5-19-6-4-16)12-24-10-7-20-11-17(24)18-21-8-9-23(18)2;/h3-6,8-9,13,17,20H,7,10-12H2,1-2H3;1H. The van der Waals surface area contributed by atoms with Crippen molar-refractivity contribution in [3.63, 3.8) is 0 Å². The molecule has 0 amide bonds. The van der Waals surface area contributed by atoms with E-state index in [0.29, 0.717) is 0 Å². The second-order valence-electron chi connectivity index (χ2n) is 6.48. The number of hydrogen-bond acceptors (Lipinski definition) is 5. The monoisotopic (exact) mass is 373 g/mol. The van der Waals surface area contributed by atoms with Gasteiger partial charge < -0.3 is 9.88 Å². The van der Waals surface area contributed by atoms with Crippen molar-refractivity contribution in [2.45, 2.75) is 19.5 Å². The Morgan fingerprint density at radius 2 is 2.04 bits per heavy atom. The summed E-state index contributed by atoms with van der Waals surface area (Å²) < 4.78 is 4.04. The van der Waals surface area contributed by atoms with Crippen LogP contribution in [-0.4, -0.2) is 48.8 Å². The third-order valence-corrected chi connectivity index (χ3v) is 4.81. The van der Waals surface area contributed by atoms with Crippen molar-refractivity contribution in [1.82, 2.24) is 34.5 Å². The minimum Gasteiger partial charge on any atom is -0.337 e. The molecule has 138 valence electrons. The molecule has 0 aromatic carbocycles. The number of halogens is 1. The zero-order valence-electron chi connectivity index (χ0n) is 15.0. The van der Waals surface area contributed by atoms with Crippen molar-refractivity contribution in [3.8, 4) is 5.69 Å². The smallest absolute Gasteiger partial charge is 0.127 e. The van der Waals surface area contributed by atoms with Crippen LogP contribution in [0.1, 0.15) is 23.1 Å². The SMILES string of the molecule is Cc1nn(-c2ccncc2)cc1CN1CCNCC1c1nccn1C.Cl. The molecule has 1 unspecified atom stereocenters. The number of pyridine rings is 1. The highest BCUT2D eigenvalue weighted by atomic mass is 35.5. The molecule has 0 bridgehead atoms. The predicted octanol–water partition coefficient (Wildman–Crippen LogP) is 1.88. The van der Waals surface area contributed by atoms with Gasteiger partial charge in [-0.05, 0) is 19.1 Å². The van der Waals surface area contributed by atoms with E-state index in [4.69, 9.17) is 0 Å². The topological polar surface area (TPSA) is 63.8 Å². The molecule has 26 heavy (non-hydrogen) atoms. The van der Waals surface area contributed by atoms with Gasteiger partial charge in [-0.2, -0.15) is 5.10 Å². The molecule has 1 atom stereocenters. The summed E-state index contributed by atoms with van der Waals surface area (Å²) in [6, 6.07) is 4.22. The molecule has 4 rings (SSSR count). The van der Waals surface area contributed by atoms with Gasteiger partial charge in [0.2, 0.25) is 0 Å². The lowest BCUT2D eigenvalue weighted by atomic mass is 10.1. The number of hydrogen-bond donors (Lipinski definition) is 1. The Kier molecular flexibility index (Phi) is 5.70. The lowest BCUT2D eigenvalue weighted by molar-refractivity contribution is 0.144.